The van der Waals surface area contributed by atoms with Gasteiger partial charge < -0.3 is 29.9 Å². The van der Waals surface area contributed by atoms with Gasteiger partial charge in [-0.05, 0) is 6.42 Å². The van der Waals surface area contributed by atoms with E-state index in [9.17, 15) is 15.3 Å². The van der Waals surface area contributed by atoms with Crippen LogP contribution in [0.1, 0.15) is 96.8 Å². The molecule has 1 aliphatic heterocycles. The molecule has 1 fully saturated rings. The first-order valence-electron chi connectivity index (χ1n) is 11.5. The normalized spacial score (nSPS) is 26.0. The summed E-state index contributed by atoms with van der Waals surface area (Å²) in [5.74, 6) is 0. The summed E-state index contributed by atoms with van der Waals surface area (Å²) in [5.41, 5.74) is 0. The van der Waals surface area contributed by atoms with E-state index in [-0.39, 0.29) is 0 Å². The first kappa shape index (κ1) is 25.8. The minimum atomic E-state index is -1.25. The number of hydrogen-bond acceptors (Lipinski definition) is 6. The van der Waals surface area contributed by atoms with Gasteiger partial charge in [0.2, 0.25) is 0 Å². The quantitative estimate of drug-likeness (QED) is 0.262. The number of aliphatic hydroxyl groups is 4. The molecule has 0 spiro atoms. The highest BCUT2D eigenvalue weighted by molar-refractivity contribution is 4.90. The minimum absolute atomic E-state index is 0.453. The van der Waals surface area contributed by atoms with Gasteiger partial charge in [0.25, 0.3) is 0 Å². The van der Waals surface area contributed by atoms with E-state index in [1.165, 1.54) is 77.0 Å². The van der Waals surface area contributed by atoms with E-state index in [0.717, 1.165) is 12.8 Å². The smallest absolute Gasteiger partial charge is 0.186 e. The van der Waals surface area contributed by atoms with Crippen LogP contribution in [0.5, 0.6) is 0 Å². The molecule has 5 atom stereocenters. The van der Waals surface area contributed by atoms with Crippen LogP contribution in [0.2, 0.25) is 0 Å². The van der Waals surface area contributed by atoms with Gasteiger partial charge in [0, 0.05) is 6.61 Å². The Kier molecular flexibility index (Phi) is 15.2. The third-order valence-corrected chi connectivity index (χ3v) is 5.60. The fourth-order valence-corrected chi connectivity index (χ4v) is 3.73. The molecule has 0 bridgehead atoms. The number of unbranched alkanes of at least 4 members (excludes halogenated alkanes) is 13. The van der Waals surface area contributed by atoms with Crippen LogP contribution in [-0.2, 0) is 9.47 Å². The van der Waals surface area contributed by atoms with Crippen molar-refractivity contribution < 1.29 is 29.9 Å². The molecule has 0 amide bonds. The Morgan fingerprint density at radius 1 is 0.750 bits per heavy atom. The summed E-state index contributed by atoms with van der Waals surface area (Å²) < 4.78 is 10.8. The molecule has 0 aromatic carbocycles. The summed E-state index contributed by atoms with van der Waals surface area (Å²) in [6, 6.07) is 0. The molecule has 6 heteroatoms. The third kappa shape index (κ3) is 10.5. The Balaban J connectivity index is 1.88. The average molecular weight is 405 g/mol. The molecular weight excluding hydrogens is 360 g/mol. The van der Waals surface area contributed by atoms with E-state index < -0.39 is 37.3 Å². The first-order valence-corrected chi connectivity index (χ1v) is 11.5. The van der Waals surface area contributed by atoms with Crippen LogP contribution >= 0.6 is 0 Å². The van der Waals surface area contributed by atoms with E-state index in [0.29, 0.717) is 6.61 Å². The second-order valence-corrected chi connectivity index (χ2v) is 8.17. The number of rotatable bonds is 18. The minimum Gasteiger partial charge on any atom is -0.394 e. The van der Waals surface area contributed by atoms with E-state index in [2.05, 4.69) is 6.92 Å². The van der Waals surface area contributed by atoms with Crippen molar-refractivity contribution in [1.29, 1.82) is 0 Å². The van der Waals surface area contributed by atoms with Crippen molar-refractivity contribution in [2.75, 3.05) is 13.2 Å². The zero-order valence-corrected chi connectivity index (χ0v) is 17.8. The fourth-order valence-electron chi connectivity index (χ4n) is 3.73. The zero-order valence-electron chi connectivity index (χ0n) is 17.8. The molecule has 168 valence electrons. The number of aliphatic hydroxyl groups excluding tert-OH is 4. The van der Waals surface area contributed by atoms with Crippen molar-refractivity contribution in [3.8, 4) is 0 Å². The molecule has 1 rings (SSSR count). The van der Waals surface area contributed by atoms with Crippen LogP contribution in [0.15, 0.2) is 0 Å². The van der Waals surface area contributed by atoms with Gasteiger partial charge in [0.05, 0.1) is 6.61 Å². The monoisotopic (exact) mass is 404 g/mol. The van der Waals surface area contributed by atoms with Gasteiger partial charge in [0.15, 0.2) is 6.29 Å². The summed E-state index contributed by atoms with van der Waals surface area (Å²) in [4.78, 5) is 0. The van der Waals surface area contributed by atoms with Crippen molar-refractivity contribution in [1.82, 2.24) is 0 Å². The Morgan fingerprint density at radius 2 is 1.21 bits per heavy atom. The Labute approximate surface area is 171 Å². The average Bonchev–Trinajstić information content (AvgIpc) is 2.98. The van der Waals surface area contributed by atoms with Gasteiger partial charge >= 0.3 is 0 Å². The van der Waals surface area contributed by atoms with Crippen molar-refractivity contribution in [3.05, 3.63) is 0 Å². The molecular formula is C22H44O6. The summed E-state index contributed by atoms with van der Waals surface area (Å²) >= 11 is 0. The van der Waals surface area contributed by atoms with Crippen LogP contribution in [0.3, 0.4) is 0 Å². The lowest BCUT2D eigenvalue weighted by molar-refractivity contribution is -0.181. The molecule has 28 heavy (non-hydrogen) atoms. The van der Waals surface area contributed by atoms with E-state index in [4.69, 9.17) is 14.6 Å². The summed E-state index contributed by atoms with van der Waals surface area (Å²) in [6.07, 6.45) is 12.4. The van der Waals surface area contributed by atoms with Crippen molar-refractivity contribution in [2.24, 2.45) is 0 Å². The Hall–Kier alpha value is -0.240. The second kappa shape index (κ2) is 16.5. The predicted molar refractivity (Wildman–Crippen MR) is 110 cm³/mol. The number of hydrogen-bond donors (Lipinski definition) is 4. The van der Waals surface area contributed by atoms with Gasteiger partial charge in [-0.25, -0.2) is 0 Å². The maximum Gasteiger partial charge on any atom is 0.186 e. The Morgan fingerprint density at radius 3 is 1.68 bits per heavy atom. The molecule has 4 N–H and O–H groups in total. The fraction of sp³-hybridized carbons (Fsp3) is 1.00. The largest absolute Gasteiger partial charge is 0.394 e. The van der Waals surface area contributed by atoms with Crippen LogP contribution < -0.4 is 0 Å². The first-order chi connectivity index (χ1) is 13.6. The lowest BCUT2D eigenvalue weighted by Crippen LogP contribution is -2.40. The summed E-state index contributed by atoms with van der Waals surface area (Å²) in [6.45, 7) is 2.18. The van der Waals surface area contributed by atoms with Crippen LogP contribution in [0.4, 0.5) is 0 Å². The molecule has 6 nitrogen and oxygen atoms in total. The molecule has 0 unspecified atom stereocenters. The van der Waals surface area contributed by atoms with Crippen LogP contribution in [-0.4, -0.2) is 64.3 Å². The van der Waals surface area contributed by atoms with Gasteiger partial charge in [-0.15, -0.1) is 0 Å². The highest BCUT2D eigenvalue weighted by Gasteiger charge is 2.46. The molecule has 0 radical (unpaired) electrons. The lowest BCUT2D eigenvalue weighted by Gasteiger charge is -2.18. The van der Waals surface area contributed by atoms with Crippen molar-refractivity contribution >= 4 is 0 Å². The molecule has 0 aromatic rings. The van der Waals surface area contributed by atoms with Gasteiger partial charge in [-0.1, -0.05) is 90.4 Å². The predicted octanol–water partition coefficient (Wildman–Crippen LogP) is 3.28. The van der Waals surface area contributed by atoms with Crippen molar-refractivity contribution in [3.63, 3.8) is 0 Å². The third-order valence-electron chi connectivity index (χ3n) is 5.60. The van der Waals surface area contributed by atoms with E-state index >= 15 is 0 Å². The van der Waals surface area contributed by atoms with Crippen molar-refractivity contribution in [2.45, 2.75) is 128 Å². The zero-order chi connectivity index (χ0) is 20.6. The second-order valence-electron chi connectivity index (χ2n) is 8.17. The van der Waals surface area contributed by atoms with E-state index in [1.54, 1.807) is 0 Å². The standard InChI is InChI=1S/C22H44O6/c1-2-3-4-5-6-7-8-9-10-11-12-13-14-15-16-27-22-20(26)19(25)21(28-22)18(24)17-23/h18-26H,2-17H2,1H3/t18-,19-,20-,21-,22+/m1/s1. The number of ether oxygens (including phenoxy) is 2. The van der Waals surface area contributed by atoms with Gasteiger partial charge in [-0.2, -0.15) is 0 Å². The molecule has 0 aliphatic carbocycles. The van der Waals surface area contributed by atoms with Gasteiger partial charge in [0.1, 0.15) is 24.4 Å². The molecule has 1 saturated heterocycles. The van der Waals surface area contributed by atoms with Gasteiger partial charge in [-0.3, -0.25) is 0 Å². The molecule has 1 aliphatic rings. The highest BCUT2D eigenvalue weighted by Crippen LogP contribution is 2.25. The van der Waals surface area contributed by atoms with Crippen LogP contribution in [0.25, 0.3) is 0 Å². The molecule has 0 aromatic heterocycles. The maximum atomic E-state index is 9.89. The molecule has 0 saturated carbocycles. The topological polar surface area (TPSA) is 99.4 Å². The maximum absolute atomic E-state index is 9.89. The molecule has 1 heterocycles. The van der Waals surface area contributed by atoms with E-state index in [1.807, 2.05) is 0 Å². The summed E-state index contributed by atoms with van der Waals surface area (Å²) in [5, 5.41) is 38.2. The Bertz CT molecular complexity index is 354. The summed E-state index contributed by atoms with van der Waals surface area (Å²) in [7, 11) is 0. The van der Waals surface area contributed by atoms with Crippen LogP contribution in [0, 0.1) is 0 Å². The lowest BCUT2D eigenvalue weighted by atomic mass is 10.0. The SMILES string of the molecule is CCCCCCCCCCCCCCCCO[C@H]1O[C@H]([C@H](O)CO)[C@H](O)[C@H]1O. The highest BCUT2D eigenvalue weighted by atomic mass is 16.7.